The molecule has 0 amide bonds. The summed E-state index contributed by atoms with van der Waals surface area (Å²) in [5.41, 5.74) is -0.425. The Hall–Kier alpha value is -1.30. The average Bonchev–Trinajstić information content (AvgIpc) is 2.97. The zero-order chi connectivity index (χ0) is 25.8. The van der Waals surface area contributed by atoms with Crippen molar-refractivity contribution in [3.63, 3.8) is 0 Å². The quantitative estimate of drug-likeness (QED) is 0.334. The first-order valence-corrected chi connectivity index (χ1v) is 13.6. The molecule has 0 spiro atoms. The smallest absolute Gasteiger partial charge is 0.145 e. The molecule has 0 aromatic heterocycles. The topological polar surface area (TPSA) is 83.8 Å². The summed E-state index contributed by atoms with van der Waals surface area (Å²) in [4.78, 5) is 25.5. The van der Waals surface area contributed by atoms with Crippen LogP contribution in [0.2, 0.25) is 0 Å². The van der Waals surface area contributed by atoms with Gasteiger partial charge in [-0.2, -0.15) is 0 Å². The number of aliphatic hydroxyl groups excluding tert-OH is 1. The van der Waals surface area contributed by atoms with Crippen LogP contribution >= 0.6 is 0 Å². The summed E-state index contributed by atoms with van der Waals surface area (Å²) in [5.74, 6) is 0.505. The normalized spacial score (nSPS) is 53.1. The number of carbonyl (C=O) groups is 2. The molecule has 5 heteroatoms. The van der Waals surface area contributed by atoms with Gasteiger partial charge in [0.2, 0.25) is 0 Å². The van der Waals surface area contributed by atoms with E-state index in [1.807, 2.05) is 13.0 Å². The predicted molar refractivity (Wildman–Crippen MR) is 134 cm³/mol. The highest BCUT2D eigenvalue weighted by Crippen LogP contribution is 2.75. The van der Waals surface area contributed by atoms with Crippen LogP contribution in [0.25, 0.3) is 0 Å². The van der Waals surface area contributed by atoms with Gasteiger partial charge in [-0.25, -0.2) is 0 Å². The van der Waals surface area contributed by atoms with E-state index in [2.05, 4.69) is 40.7 Å². The van der Waals surface area contributed by atoms with Crippen LogP contribution in [0.1, 0.15) is 87.0 Å². The Morgan fingerprint density at radius 2 is 1.77 bits per heavy atom. The number of ether oxygens (including phenoxy) is 1. The van der Waals surface area contributed by atoms with Crippen molar-refractivity contribution in [2.45, 2.75) is 111 Å². The van der Waals surface area contributed by atoms with Crippen molar-refractivity contribution in [2.75, 3.05) is 0 Å². The molecule has 0 aromatic rings. The van der Waals surface area contributed by atoms with Gasteiger partial charge in [-0.1, -0.05) is 46.3 Å². The lowest BCUT2D eigenvalue weighted by atomic mass is 9.38. The monoisotopic (exact) mass is 484 g/mol. The Morgan fingerprint density at radius 3 is 2.43 bits per heavy atom. The van der Waals surface area contributed by atoms with Gasteiger partial charge in [0, 0.05) is 29.6 Å². The van der Waals surface area contributed by atoms with Crippen molar-refractivity contribution in [3.05, 3.63) is 23.3 Å². The first-order valence-electron chi connectivity index (χ1n) is 13.6. The minimum absolute atomic E-state index is 0.135. The number of aliphatic hydroxyl groups is 2. The van der Waals surface area contributed by atoms with Crippen molar-refractivity contribution in [2.24, 2.45) is 39.4 Å². The number of ketones is 1. The van der Waals surface area contributed by atoms with Gasteiger partial charge in [0.25, 0.3) is 0 Å². The second-order valence-electron chi connectivity index (χ2n) is 14.0. The molecular formula is C30H44O5. The third-order valence-corrected chi connectivity index (χ3v) is 11.9. The van der Waals surface area contributed by atoms with E-state index >= 15 is 0 Å². The highest BCUT2D eigenvalue weighted by atomic mass is 16.5. The Bertz CT molecular complexity index is 1010. The van der Waals surface area contributed by atoms with Crippen LogP contribution in [0, 0.1) is 39.4 Å². The molecule has 0 radical (unpaired) electrons. The van der Waals surface area contributed by atoms with E-state index < -0.39 is 11.0 Å². The second-order valence-corrected chi connectivity index (χ2v) is 14.0. The molecule has 1 saturated heterocycles. The number of allylic oxidation sites excluding steroid dienone is 2. The number of rotatable bonds is 2. The fraction of sp³-hybridized carbons (Fsp3) is 0.800. The minimum atomic E-state index is -0.986. The molecule has 0 unspecified atom stereocenters. The van der Waals surface area contributed by atoms with Crippen LogP contribution in [0.15, 0.2) is 23.3 Å². The van der Waals surface area contributed by atoms with Crippen molar-refractivity contribution in [1.82, 2.24) is 0 Å². The SMILES string of the molecule is CC(C=O)=C[C@H]1C[C@](C)(O)[C@H]2[C@@H](C[C@@]3(C)[C@@H]4CC=C5[C@@H](CC[C@H](O)C5(C)C)[C@]4(C)C(=O)C[C@]23C)O1. The molecule has 1 aliphatic heterocycles. The maximum Gasteiger partial charge on any atom is 0.145 e. The van der Waals surface area contributed by atoms with E-state index in [0.29, 0.717) is 24.2 Å². The Kier molecular flexibility index (Phi) is 5.51. The lowest BCUT2D eigenvalue weighted by molar-refractivity contribution is -0.200. The lowest BCUT2D eigenvalue weighted by Gasteiger charge is -2.65. The first-order chi connectivity index (χ1) is 16.1. The van der Waals surface area contributed by atoms with E-state index in [4.69, 9.17) is 4.74 Å². The summed E-state index contributed by atoms with van der Waals surface area (Å²) in [6.45, 7) is 14.7. The molecule has 2 N–H and O–H groups in total. The van der Waals surface area contributed by atoms with Crippen molar-refractivity contribution < 1.29 is 24.5 Å². The summed E-state index contributed by atoms with van der Waals surface area (Å²) < 4.78 is 6.59. The van der Waals surface area contributed by atoms with E-state index in [0.717, 1.165) is 32.0 Å². The third kappa shape index (κ3) is 3.16. The molecule has 194 valence electrons. The predicted octanol–water partition coefficient (Wildman–Crippen LogP) is 4.80. The average molecular weight is 485 g/mol. The highest BCUT2D eigenvalue weighted by Gasteiger charge is 2.74. The molecule has 0 aromatic carbocycles. The summed E-state index contributed by atoms with van der Waals surface area (Å²) in [5, 5.41) is 22.6. The van der Waals surface area contributed by atoms with Crippen LogP contribution in [0.5, 0.6) is 0 Å². The summed E-state index contributed by atoms with van der Waals surface area (Å²) in [7, 11) is 0. The summed E-state index contributed by atoms with van der Waals surface area (Å²) in [6.07, 6.45) is 8.29. The molecular weight excluding hydrogens is 440 g/mol. The maximum atomic E-state index is 14.3. The fourth-order valence-electron chi connectivity index (χ4n) is 9.92. The molecule has 10 atom stereocenters. The molecule has 35 heavy (non-hydrogen) atoms. The fourth-order valence-corrected chi connectivity index (χ4v) is 9.92. The number of fused-ring (bicyclic) bond motifs is 7. The minimum Gasteiger partial charge on any atom is -0.392 e. The van der Waals surface area contributed by atoms with Crippen LogP contribution in [-0.4, -0.2) is 46.2 Å². The molecule has 5 aliphatic rings. The summed E-state index contributed by atoms with van der Waals surface area (Å²) >= 11 is 0. The van der Waals surface area contributed by atoms with Crippen molar-refractivity contribution >= 4 is 12.1 Å². The van der Waals surface area contributed by atoms with Crippen LogP contribution in [0.3, 0.4) is 0 Å². The molecule has 5 rings (SSSR count). The van der Waals surface area contributed by atoms with Gasteiger partial charge in [-0.3, -0.25) is 9.59 Å². The van der Waals surface area contributed by atoms with Gasteiger partial charge in [-0.05, 0) is 73.8 Å². The Balaban J connectivity index is 1.58. The van der Waals surface area contributed by atoms with Gasteiger partial charge in [0.05, 0.1) is 23.9 Å². The standard InChI is InChI=1S/C30H44O5/c1-17(16-31)12-18-13-29(6,34)25-21(35-18)14-27(4)22-10-8-19-20(9-11-23(32)26(19,2)3)30(22,7)24(33)15-28(25,27)5/h8,12,16,18,20-23,25,32,34H,9-11,13-15H2,1-7H3/t18-,20+,21+,22-,23-,25-,27-,28+,29-,30-/m0/s1. The van der Waals surface area contributed by atoms with E-state index in [-0.39, 0.29) is 52.3 Å². The zero-order valence-electron chi connectivity index (χ0n) is 22.6. The molecule has 3 saturated carbocycles. The van der Waals surface area contributed by atoms with E-state index in [1.54, 1.807) is 6.92 Å². The molecule has 4 aliphatic carbocycles. The van der Waals surface area contributed by atoms with Crippen LogP contribution in [0.4, 0.5) is 0 Å². The van der Waals surface area contributed by atoms with Gasteiger partial charge in [0.15, 0.2) is 0 Å². The zero-order valence-corrected chi connectivity index (χ0v) is 22.6. The maximum absolute atomic E-state index is 14.3. The van der Waals surface area contributed by atoms with E-state index in [1.165, 1.54) is 5.57 Å². The summed E-state index contributed by atoms with van der Waals surface area (Å²) in [6, 6.07) is 0. The number of hydrogen-bond acceptors (Lipinski definition) is 5. The van der Waals surface area contributed by atoms with Crippen molar-refractivity contribution in [1.29, 1.82) is 0 Å². The molecule has 5 nitrogen and oxygen atoms in total. The van der Waals surface area contributed by atoms with Gasteiger partial charge >= 0.3 is 0 Å². The Morgan fingerprint density at radius 1 is 1.09 bits per heavy atom. The van der Waals surface area contributed by atoms with Crippen molar-refractivity contribution in [3.8, 4) is 0 Å². The Labute approximate surface area is 210 Å². The number of carbonyl (C=O) groups excluding carboxylic acids is 2. The van der Waals surface area contributed by atoms with Gasteiger partial charge in [0.1, 0.15) is 12.1 Å². The number of aldehydes is 1. The van der Waals surface area contributed by atoms with Crippen LogP contribution in [-0.2, 0) is 14.3 Å². The second kappa shape index (κ2) is 7.61. The molecule has 1 heterocycles. The highest BCUT2D eigenvalue weighted by molar-refractivity contribution is 5.88. The molecule has 4 fully saturated rings. The first kappa shape index (κ1) is 25.4. The van der Waals surface area contributed by atoms with E-state index in [9.17, 15) is 19.8 Å². The lowest BCUT2D eigenvalue weighted by Crippen LogP contribution is -2.64. The molecule has 0 bridgehead atoms. The van der Waals surface area contributed by atoms with Gasteiger partial charge < -0.3 is 14.9 Å². The number of Topliss-reactive ketones (excluding diaryl/α,β-unsaturated/α-hetero) is 1. The largest absolute Gasteiger partial charge is 0.392 e. The van der Waals surface area contributed by atoms with Crippen LogP contribution < -0.4 is 0 Å². The third-order valence-electron chi connectivity index (χ3n) is 11.9. The van der Waals surface area contributed by atoms with Gasteiger partial charge in [-0.15, -0.1) is 0 Å². The number of hydrogen-bond donors (Lipinski definition) is 2.